The van der Waals surface area contributed by atoms with Crippen molar-refractivity contribution in [1.29, 1.82) is 0 Å². The van der Waals surface area contributed by atoms with Crippen LogP contribution >= 0.6 is 11.6 Å². The summed E-state index contributed by atoms with van der Waals surface area (Å²) in [7, 11) is 0. The van der Waals surface area contributed by atoms with Crippen LogP contribution in [0.4, 0.5) is 4.79 Å². The zero-order valence-corrected chi connectivity index (χ0v) is 15.6. The molecule has 8 heteroatoms. The van der Waals surface area contributed by atoms with E-state index in [9.17, 15) is 4.79 Å². The number of likely N-dealkylation sites (tertiary alicyclic amines) is 1. The predicted molar refractivity (Wildman–Crippen MR) is 97.9 cm³/mol. The van der Waals surface area contributed by atoms with E-state index in [1.807, 2.05) is 13.8 Å². The lowest BCUT2D eigenvalue weighted by atomic mass is 9.92. The first-order valence-corrected chi connectivity index (χ1v) is 9.06. The zero-order chi connectivity index (χ0) is 18.2. The van der Waals surface area contributed by atoms with Gasteiger partial charge in [-0.15, -0.1) is 0 Å². The number of amidine groups is 1. The normalized spacial score (nSPS) is 16.3. The Balaban J connectivity index is 1.65. The van der Waals surface area contributed by atoms with Crippen molar-refractivity contribution in [3.05, 3.63) is 17.5 Å². The fourth-order valence-corrected chi connectivity index (χ4v) is 2.81. The molecule has 138 valence electrons. The van der Waals surface area contributed by atoms with E-state index in [0.717, 1.165) is 38.8 Å². The first-order valence-electron chi connectivity index (χ1n) is 8.69. The highest BCUT2D eigenvalue weighted by Gasteiger charge is 2.22. The molecule has 1 aromatic heterocycles. The molecule has 0 saturated carbocycles. The van der Waals surface area contributed by atoms with Gasteiger partial charge in [0, 0.05) is 25.1 Å². The molecule has 0 unspecified atom stereocenters. The van der Waals surface area contributed by atoms with Crippen LogP contribution in [0.5, 0.6) is 5.88 Å². The molecule has 0 spiro atoms. The number of amides is 2. The second-order valence-corrected chi connectivity index (χ2v) is 6.96. The standard InChI is InChI=1S/C17H26ClN5O2/c1-12(2)16(19)22-17(24)23-7-5-13(6-8-23)4-3-9-25-15-10-14(18)20-11-21-15/h10-13H,3-9H2,1-2H3,(H2,19,22,24). The smallest absolute Gasteiger partial charge is 0.345 e. The Morgan fingerprint density at radius 2 is 2.16 bits per heavy atom. The highest BCUT2D eigenvalue weighted by atomic mass is 35.5. The van der Waals surface area contributed by atoms with E-state index in [2.05, 4.69) is 15.0 Å². The maximum Gasteiger partial charge on any atom is 0.345 e. The number of carbonyl (C=O) groups excluding carboxylic acids is 1. The van der Waals surface area contributed by atoms with E-state index in [1.54, 1.807) is 11.0 Å². The fraction of sp³-hybridized carbons (Fsp3) is 0.647. The van der Waals surface area contributed by atoms with Gasteiger partial charge in [0.25, 0.3) is 0 Å². The number of rotatable bonds is 6. The summed E-state index contributed by atoms with van der Waals surface area (Å²) in [4.78, 5) is 25.7. The molecule has 2 heterocycles. The van der Waals surface area contributed by atoms with Crippen LogP contribution in [0.1, 0.15) is 39.5 Å². The number of halogens is 1. The third-order valence-corrected chi connectivity index (χ3v) is 4.52. The van der Waals surface area contributed by atoms with E-state index in [-0.39, 0.29) is 11.9 Å². The third kappa shape index (κ3) is 6.49. The Hall–Kier alpha value is -1.89. The second kappa shape index (κ2) is 9.56. The average Bonchev–Trinajstić information content (AvgIpc) is 2.59. The van der Waals surface area contributed by atoms with Crippen LogP contribution in [0.3, 0.4) is 0 Å². The van der Waals surface area contributed by atoms with Crippen molar-refractivity contribution in [3.8, 4) is 5.88 Å². The maximum atomic E-state index is 12.1. The van der Waals surface area contributed by atoms with Gasteiger partial charge in [-0.1, -0.05) is 25.4 Å². The number of aliphatic imine (C=N–C) groups is 1. The first kappa shape index (κ1) is 19.4. The molecule has 7 nitrogen and oxygen atoms in total. The van der Waals surface area contributed by atoms with Crippen molar-refractivity contribution in [1.82, 2.24) is 14.9 Å². The lowest BCUT2D eigenvalue weighted by Crippen LogP contribution is -2.38. The number of hydrogen-bond donors (Lipinski definition) is 1. The lowest BCUT2D eigenvalue weighted by molar-refractivity contribution is 0.172. The molecule has 0 aromatic carbocycles. The number of nitrogens with zero attached hydrogens (tertiary/aromatic N) is 4. The number of carbonyl (C=O) groups is 1. The van der Waals surface area contributed by atoms with Crippen molar-refractivity contribution in [2.24, 2.45) is 22.6 Å². The van der Waals surface area contributed by atoms with Gasteiger partial charge in [-0.05, 0) is 31.6 Å². The zero-order valence-electron chi connectivity index (χ0n) is 14.8. The molecule has 2 N–H and O–H groups in total. The molecule has 25 heavy (non-hydrogen) atoms. The number of nitrogens with two attached hydrogens (primary N) is 1. The topological polar surface area (TPSA) is 93.7 Å². The highest BCUT2D eigenvalue weighted by molar-refractivity contribution is 6.29. The molecule has 0 bridgehead atoms. The summed E-state index contributed by atoms with van der Waals surface area (Å²) in [5.41, 5.74) is 5.76. The van der Waals surface area contributed by atoms with Crippen LogP contribution in [-0.4, -0.2) is 46.4 Å². The maximum absolute atomic E-state index is 12.1. The van der Waals surface area contributed by atoms with E-state index in [4.69, 9.17) is 22.1 Å². The molecule has 0 radical (unpaired) electrons. The average molecular weight is 368 g/mol. The number of aromatic nitrogens is 2. The van der Waals surface area contributed by atoms with Crippen LogP contribution in [0.15, 0.2) is 17.4 Å². The summed E-state index contributed by atoms with van der Waals surface area (Å²) < 4.78 is 5.57. The number of piperidine rings is 1. The second-order valence-electron chi connectivity index (χ2n) is 6.57. The van der Waals surface area contributed by atoms with E-state index in [0.29, 0.717) is 29.4 Å². The van der Waals surface area contributed by atoms with Crippen LogP contribution in [0.25, 0.3) is 0 Å². The van der Waals surface area contributed by atoms with Gasteiger partial charge in [-0.3, -0.25) is 0 Å². The molecular formula is C17H26ClN5O2. The Morgan fingerprint density at radius 3 is 2.80 bits per heavy atom. The monoisotopic (exact) mass is 367 g/mol. The van der Waals surface area contributed by atoms with Gasteiger partial charge >= 0.3 is 6.03 Å². The summed E-state index contributed by atoms with van der Waals surface area (Å²) in [5.74, 6) is 1.59. The van der Waals surface area contributed by atoms with E-state index in [1.165, 1.54) is 6.33 Å². The van der Waals surface area contributed by atoms with Crippen LogP contribution in [0.2, 0.25) is 5.15 Å². The molecule has 1 fully saturated rings. The van der Waals surface area contributed by atoms with Gasteiger partial charge in [0.05, 0.1) is 6.61 Å². The molecular weight excluding hydrogens is 342 g/mol. The number of urea groups is 1. The minimum Gasteiger partial charge on any atom is -0.478 e. The van der Waals surface area contributed by atoms with Gasteiger partial charge < -0.3 is 15.4 Å². The largest absolute Gasteiger partial charge is 0.478 e. The van der Waals surface area contributed by atoms with Crippen molar-refractivity contribution in [2.75, 3.05) is 19.7 Å². The molecule has 0 aliphatic carbocycles. The lowest BCUT2D eigenvalue weighted by Gasteiger charge is -2.30. The minimum atomic E-state index is -0.214. The minimum absolute atomic E-state index is 0.0891. The van der Waals surface area contributed by atoms with E-state index >= 15 is 0 Å². The molecule has 1 aliphatic heterocycles. The van der Waals surface area contributed by atoms with Crippen LogP contribution < -0.4 is 10.5 Å². The highest BCUT2D eigenvalue weighted by Crippen LogP contribution is 2.22. The Bertz CT molecular complexity index is 600. The number of hydrogen-bond acceptors (Lipinski definition) is 4. The number of ether oxygens (including phenoxy) is 1. The molecule has 1 saturated heterocycles. The van der Waals surface area contributed by atoms with Crippen LogP contribution in [0, 0.1) is 11.8 Å². The molecule has 0 atom stereocenters. The fourth-order valence-electron chi connectivity index (χ4n) is 2.67. The van der Waals surface area contributed by atoms with Gasteiger partial charge in [-0.25, -0.2) is 14.8 Å². The SMILES string of the molecule is CC(C)/C(N)=N/C(=O)N1CCC(CCCOc2cc(Cl)ncn2)CC1. The Labute approximate surface area is 153 Å². The molecule has 2 rings (SSSR count). The van der Waals surface area contributed by atoms with Crippen molar-refractivity contribution in [3.63, 3.8) is 0 Å². The van der Waals surface area contributed by atoms with Gasteiger partial charge in [-0.2, -0.15) is 4.99 Å². The summed E-state index contributed by atoms with van der Waals surface area (Å²) in [5, 5.41) is 0.378. The Morgan fingerprint density at radius 1 is 1.44 bits per heavy atom. The molecule has 1 aliphatic rings. The van der Waals surface area contributed by atoms with Crippen molar-refractivity contribution < 1.29 is 9.53 Å². The summed E-state index contributed by atoms with van der Waals surface area (Å²) in [6, 6.07) is 1.39. The third-order valence-electron chi connectivity index (χ3n) is 4.32. The van der Waals surface area contributed by atoms with Gasteiger partial charge in [0.2, 0.25) is 5.88 Å². The summed E-state index contributed by atoms with van der Waals surface area (Å²) in [6.07, 6.45) is 5.38. The predicted octanol–water partition coefficient (Wildman–Crippen LogP) is 3.13. The Kier molecular flexibility index (Phi) is 7.43. The van der Waals surface area contributed by atoms with Gasteiger partial charge in [0.1, 0.15) is 17.3 Å². The van der Waals surface area contributed by atoms with Crippen LogP contribution in [-0.2, 0) is 0 Å². The van der Waals surface area contributed by atoms with Crippen molar-refractivity contribution in [2.45, 2.75) is 39.5 Å². The molecule has 2 amide bonds. The van der Waals surface area contributed by atoms with E-state index < -0.39 is 0 Å². The summed E-state index contributed by atoms with van der Waals surface area (Å²) >= 11 is 5.79. The summed E-state index contributed by atoms with van der Waals surface area (Å²) in [6.45, 7) is 5.93. The van der Waals surface area contributed by atoms with Gasteiger partial charge in [0.15, 0.2) is 0 Å². The quantitative estimate of drug-likeness (QED) is 0.361. The molecule has 1 aromatic rings. The first-order chi connectivity index (χ1) is 12.0. The van der Waals surface area contributed by atoms with Crippen molar-refractivity contribution >= 4 is 23.5 Å².